The zero-order valence-electron chi connectivity index (χ0n) is 16.9. The van der Waals surface area contributed by atoms with Gasteiger partial charge in [-0.3, -0.25) is 9.52 Å². The Bertz CT molecular complexity index is 1210. The number of aromatic nitrogens is 1. The minimum atomic E-state index is -3.76. The largest absolute Gasteiger partial charge is 0.441 e. The number of nitrogens with one attached hydrogen (secondary N) is 2. The molecule has 3 rings (SSSR count). The summed E-state index contributed by atoms with van der Waals surface area (Å²) in [6, 6.07) is 9.65. The lowest BCUT2D eigenvalue weighted by atomic mass is 10.2. The number of halogens is 2. The highest BCUT2D eigenvalue weighted by molar-refractivity contribution is 7.90. The average molecular weight is 450 g/mol. The summed E-state index contributed by atoms with van der Waals surface area (Å²) in [6.45, 7) is 1.46. The number of aryl methyl sites for hydroxylation is 1. The maximum Gasteiger partial charge on any atom is 0.301 e. The van der Waals surface area contributed by atoms with Crippen LogP contribution >= 0.6 is 0 Å². The minimum Gasteiger partial charge on any atom is -0.441 e. The fraction of sp³-hybridized carbons (Fsp3) is 0.200. The van der Waals surface area contributed by atoms with Crippen molar-refractivity contribution in [1.29, 1.82) is 0 Å². The van der Waals surface area contributed by atoms with Gasteiger partial charge in [0.15, 0.2) is 0 Å². The summed E-state index contributed by atoms with van der Waals surface area (Å²) >= 11 is 0. The van der Waals surface area contributed by atoms with Gasteiger partial charge in [-0.2, -0.15) is 12.7 Å². The van der Waals surface area contributed by atoms with Crippen LogP contribution < -0.4 is 10.0 Å². The summed E-state index contributed by atoms with van der Waals surface area (Å²) in [5.74, 6) is -2.40. The van der Waals surface area contributed by atoms with E-state index in [0.29, 0.717) is 17.0 Å². The first kappa shape index (κ1) is 22.4. The molecule has 2 aromatic carbocycles. The molecular formula is C20H20F2N4O4S. The molecule has 3 aromatic rings. The van der Waals surface area contributed by atoms with Gasteiger partial charge >= 0.3 is 10.2 Å². The standard InChI is InChI=1S/C20H20F2N4O4S/c1-12-17(11-23-19(27)18-14(21)8-6-9-15(18)22)24-20(30-12)13-7-4-5-10-16(13)25-31(28,29)26(2)3/h4-10,25H,11H2,1-3H3,(H,23,27). The molecule has 0 aliphatic carbocycles. The maximum absolute atomic E-state index is 13.8. The molecule has 1 heterocycles. The van der Waals surface area contributed by atoms with E-state index in [1.165, 1.54) is 14.1 Å². The Morgan fingerprint density at radius 1 is 1.10 bits per heavy atom. The molecule has 11 heteroatoms. The smallest absolute Gasteiger partial charge is 0.301 e. The Hall–Kier alpha value is -3.31. The van der Waals surface area contributed by atoms with E-state index >= 15 is 0 Å². The van der Waals surface area contributed by atoms with Crippen molar-refractivity contribution >= 4 is 21.8 Å². The number of amides is 1. The number of nitrogens with zero attached hydrogens (tertiary/aromatic N) is 2. The van der Waals surface area contributed by atoms with Crippen molar-refractivity contribution < 1.29 is 26.4 Å². The molecule has 0 unspecified atom stereocenters. The molecule has 0 spiro atoms. The third kappa shape index (κ3) is 4.89. The van der Waals surface area contributed by atoms with Gasteiger partial charge in [-0.15, -0.1) is 0 Å². The lowest BCUT2D eigenvalue weighted by molar-refractivity contribution is 0.0942. The Labute approximate surface area is 178 Å². The normalized spacial score (nSPS) is 11.5. The van der Waals surface area contributed by atoms with Gasteiger partial charge < -0.3 is 9.73 Å². The first-order valence-corrected chi connectivity index (χ1v) is 10.5. The monoisotopic (exact) mass is 450 g/mol. The van der Waals surface area contributed by atoms with Crippen LogP contribution in [0.5, 0.6) is 0 Å². The van der Waals surface area contributed by atoms with Crippen molar-refractivity contribution in [3.05, 3.63) is 71.1 Å². The highest BCUT2D eigenvalue weighted by Crippen LogP contribution is 2.29. The van der Waals surface area contributed by atoms with Gasteiger partial charge in [0.1, 0.15) is 28.7 Å². The van der Waals surface area contributed by atoms with Crippen molar-refractivity contribution in [2.75, 3.05) is 18.8 Å². The molecule has 0 bridgehead atoms. The Balaban J connectivity index is 1.83. The first-order chi connectivity index (χ1) is 14.6. The summed E-state index contributed by atoms with van der Waals surface area (Å²) in [7, 11) is -0.983. The van der Waals surface area contributed by atoms with Crippen LogP contribution in [0.1, 0.15) is 21.8 Å². The number of hydrogen-bond acceptors (Lipinski definition) is 5. The predicted molar refractivity (Wildman–Crippen MR) is 110 cm³/mol. The van der Waals surface area contributed by atoms with Crippen molar-refractivity contribution in [2.24, 2.45) is 0 Å². The minimum absolute atomic E-state index is 0.121. The molecular weight excluding hydrogens is 430 g/mol. The second-order valence-electron chi connectivity index (χ2n) is 6.74. The molecule has 2 N–H and O–H groups in total. The number of benzene rings is 2. The Kier molecular flexibility index (Phi) is 6.37. The van der Waals surface area contributed by atoms with Crippen LogP contribution in [-0.2, 0) is 16.8 Å². The molecule has 0 fully saturated rings. The number of hydrogen-bond donors (Lipinski definition) is 2. The molecule has 0 radical (unpaired) electrons. The zero-order chi connectivity index (χ0) is 22.8. The predicted octanol–water partition coefficient (Wildman–Crippen LogP) is 3.08. The molecule has 0 saturated heterocycles. The maximum atomic E-state index is 13.8. The SMILES string of the molecule is Cc1oc(-c2ccccc2NS(=O)(=O)N(C)C)nc1CNC(=O)c1c(F)cccc1F. The number of carbonyl (C=O) groups excluding carboxylic acids is 1. The number of anilines is 1. The molecule has 0 atom stereocenters. The summed E-state index contributed by atoms with van der Waals surface area (Å²) in [5, 5.41) is 2.41. The van der Waals surface area contributed by atoms with Crippen molar-refractivity contribution in [1.82, 2.24) is 14.6 Å². The van der Waals surface area contributed by atoms with Gasteiger partial charge in [0, 0.05) is 14.1 Å². The Morgan fingerprint density at radius 3 is 2.39 bits per heavy atom. The number of rotatable bonds is 7. The van der Waals surface area contributed by atoms with Crippen molar-refractivity contribution in [2.45, 2.75) is 13.5 Å². The van der Waals surface area contributed by atoms with Gasteiger partial charge in [0.2, 0.25) is 5.89 Å². The summed E-state index contributed by atoms with van der Waals surface area (Å²) < 4.78 is 61.0. The molecule has 0 saturated carbocycles. The van der Waals surface area contributed by atoms with E-state index in [4.69, 9.17) is 4.42 Å². The summed E-state index contributed by atoms with van der Waals surface area (Å²) in [4.78, 5) is 16.5. The fourth-order valence-corrected chi connectivity index (χ4v) is 3.30. The fourth-order valence-electron chi connectivity index (χ4n) is 2.66. The zero-order valence-corrected chi connectivity index (χ0v) is 17.8. The quantitative estimate of drug-likeness (QED) is 0.576. The van der Waals surface area contributed by atoms with E-state index < -0.39 is 33.3 Å². The third-order valence-corrected chi connectivity index (χ3v) is 5.82. The third-order valence-electron chi connectivity index (χ3n) is 4.38. The van der Waals surface area contributed by atoms with Gasteiger partial charge in [-0.1, -0.05) is 18.2 Å². The summed E-state index contributed by atoms with van der Waals surface area (Å²) in [6.07, 6.45) is 0. The number of oxazole rings is 1. The topological polar surface area (TPSA) is 105 Å². The summed E-state index contributed by atoms with van der Waals surface area (Å²) in [5.41, 5.74) is 0.271. The second kappa shape index (κ2) is 8.82. The highest BCUT2D eigenvalue weighted by Gasteiger charge is 2.21. The molecule has 31 heavy (non-hydrogen) atoms. The van der Waals surface area contributed by atoms with E-state index in [-0.39, 0.29) is 18.1 Å². The second-order valence-corrected chi connectivity index (χ2v) is 8.62. The average Bonchev–Trinajstić information content (AvgIpc) is 3.06. The van der Waals surface area contributed by atoms with Crippen LogP contribution in [0.4, 0.5) is 14.5 Å². The van der Waals surface area contributed by atoms with E-state index in [2.05, 4.69) is 15.0 Å². The van der Waals surface area contributed by atoms with Crippen molar-refractivity contribution in [3.8, 4) is 11.5 Å². The van der Waals surface area contributed by atoms with E-state index in [9.17, 15) is 22.0 Å². The molecule has 8 nitrogen and oxygen atoms in total. The van der Waals surface area contributed by atoms with E-state index in [1.807, 2.05) is 0 Å². The lowest BCUT2D eigenvalue weighted by Crippen LogP contribution is -2.29. The van der Waals surface area contributed by atoms with Crippen LogP contribution in [0.15, 0.2) is 46.9 Å². The van der Waals surface area contributed by atoms with E-state index in [0.717, 1.165) is 22.5 Å². The number of para-hydroxylation sites is 1. The highest BCUT2D eigenvalue weighted by atomic mass is 32.2. The molecule has 1 aromatic heterocycles. The molecule has 1 amide bonds. The lowest BCUT2D eigenvalue weighted by Gasteiger charge is -2.15. The van der Waals surface area contributed by atoms with Gasteiger partial charge in [0.05, 0.1) is 17.8 Å². The van der Waals surface area contributed by atoms with Crippen LogP contribution in [0, 0.1) is 18.6 Å². The first-order valence-electron chi connectivity index (χ1n) is 9.08. The van der Waals surface area contributed by atoms with Crippen LogP contribution in [0.3, 0.4) is 0 Å². The molecule has 0 aliphatic rings. The van der Waals surface area contributed by atoms with Crippen LogP contribution in [-0.4, -0.2) is 37.7 Å². The molecule has 164 valence electrons. The van der Waals surface area contributed by atoms with Gasteiger partial charge in [0.25, 0.3) is 5.91 Å². The number of carbonyl (C=O) groups is 1. The van der Waals surface area contributed by atoms with Crippen molar-refractivity contribution in [3.63, 3.8) is 0 Å². The Morgan fingerprint density at radius 2 is 1.74 bits per heavy atom. The molecule has 0 aliphatic heterocycles. The van der Waals surface area contributed by atoms with Gasteiger partial charge in [-0.05, 0) is 31.2 Å². The van der Waals surface area contributed by atoms with E-state index in [1.54, 1.807) is 31.2 Å². The van der Waals surface area contributed by atoms with Crippen LogP contribution in [0.25, 0.3) is 11.5 Å². The van der Waals surface area contributed by atoms with Crippen LogP contribution in [0.2, 0.25) is 0 Å². The van der Waals surface area contributed by atoms with Gasteiger partial charge in [-0.25, -0.2) is 13.8 Å².